The topological polar surface area (TPSA) is 29.3 Å². The fraction of sp³-hybridized carbons (Fsp3) is 1.00. The molecule has 106 valence electrons. The molecule has 2 aliphatic rings. The largest absolute Gasteiger partial charge is 0.329 e. The van der Waals surface area contributed by atoms with E-state index in [1.807, 2.05) is 0 Å². The Balaban J connectivity index is 2.07. The first-order valence-corrected chi connectivity index (χ1v) is 9.03. The van der Waals surface area contributed by atoms with Gasteiger partial charge in [0.05, 0.1) is 0 Å². The van der Waals surface area contributed by atoms with E-state index in [9.17, 15) is 0 Å². The van der Waals surface area contributed by atoms with E-state index in [1.165, 1.54) is 58.0 Å². The lowest BCUT2D eigenvalue weighted by Crippen LogP contribution is -2.56. The van der Waals surface area contributed by atoms with E-state index < -0.39 is 0 Å². The number of thioether (sulfide) groups is 1. The van der Waals surface area contributed by atoms with Gasteiger partial charge in [-0.3, -0.25) is 4.90 Å². The third-order valence-corrected chi connectivity index (χ3v) is 6.54. The van der Waals surface area contributed by atoms with Crippen LogP contribution < -0.4 is 5.73 Å². The molecule has 0 radical (unpaired) electrons. The van der Waals surface area contributed by atoms with E-state index in [1.54, 1.807) is 0 Å². The lowest BCUT2D eigenvalue weighted by Gasteiger charge is -2.44. The van der Waals surface area contributed by atoms with Gasteiger partial charge in [-0.2, -0.15) is 11.8 Å². The Bertz CT molecular complexity index is 259. The number of hydrogen-bond acceptors (Lipinski definition) is 3. The van der Waals surface area contributed by atoms with E-state index >= 15 is 0 Å². The van der Waals surface area contributed by atoms with Crippen LogP contribution in [0, 0.1) is 5.92 Å². The van der Waals surface area contributed by atoms with Gasteiger partial charge in [0, 0.05) is 17.3 Å². The van der Waals surface area contributed by atoms with Gasteiger partial charge in [-0.1, -0.05) is 19.8 Å². The van der Waals surface area contributed by atoms with Crippen LogP contribution in [0.25, 0.3) is 0 Å². The quantitative estimate of drug-likeness (QED) is 0.851. The third kappa shape index (κ3) is 2.73. The molecule has 18 heavy (non-hydrogen) atoms. The molecule has 2 fully saturated rings. The van der Waals surface area contributed by atoms with Gasteiger partial charge in [0.1, 0.15) is 0 Å². The molecular formula is C15H30N2S. The van der Waals surface area contributed by atoms with Gasteiger partial charge in [-0.05, 0) is 57.4 Å². The Morgan fingerprint density at radius 3 is 2.72 bits per heavy atom. The maximum absolute atomic E-state index is 6.24. The summed E-state index contributed by atoms with van der Waals surface area (Å²) in [7, 11) is 0. The smallest absolute Gasteiger partial charge is 0.0359 e. The maximum Gasteiger partial charge on any atom is 0.0359 e. The second kappa shape index (κ2) is 6.62. The molecule has 0 aromatic heterocycles. The molecule has 2 rings (SSSR count). The van der Waals surface area contributed by atoms with Crippen LogP contribution in [0.15, 0.2) is 0 Å². The zero-order valence-corrected chi connectivity index (χ0v) is 13.0. The first kappa shape index (κ1) is 14.7. The highest BCUT2D eigenvalue weighted by molar-refractivity contribution is 7.99. The predicted molar refractivity (Wildman–Crippen MR) is 82.1 cm³/mol. The zero-order valence-electron chi connectivity index (χ0n) is 12.2. The maximum atomic E-state index is 6.24. The van der Waals surface area contributed by atoms with Crippen molar-refractivity contribution >= 4 is 11.8 Å². The molecule has 3 atom stereocenters. The van der Waals surface area contributed by atoms with Gasteiger partial charge in [0.2, 0.25) is 0 Å². The van der Waals surface area contributed by atoms with Crippen molar-refractivity contribution < 1.29 is 0 Å². The van der Waals surface area contributed by atoms with Crippen molar-refractivity contribution in [2.75, 3.05) is 25.9 Å². The summed E-state index contributed by atoms with van der Waals surface area (Å²) in [4.78, 5) is 2.78. The van der Waals surface area contributed by atoms with Gasteiger partial charge in [-0.25, -0.2) is 0 Å². The molecule has 0 spiro atoms. The zero-order chi connectivity index (χ0) is 13.0. The number of nitrogens with zero attached hydrogens (tertiary/aromatic N) is 1. The Morgan fingerprint density at radius 2 is 2.06 bits per heavy atom. The average molecular weight is 270 g/mol. The summed E-state index contributed by atoms with van der Waals surface area (Å²) >= 11 is 2.06. The summed E-state index contributed by atoms with van der Waals surface area (Å²) in [5, 5.41) is 0.881. The van der Waals surface area contributed by atoms with Crippen molar-refractivity contribution in [1.29, 1.82) is 0 Å². The third-order valence-electron chi connectivity index (χ3n) is 5.41. The van der Waals surface area contributed by atoms with Crippen LogP contribution in [0.5, 0.6) is 0 Å². The van der Waals surface area contributed by atoms with Crippen molar-refractivity contribution in [3.63, 3.8) is 0 Å². The molecular weight excluding hydrogens is 240 g/mol. The van der Waals surface area contributed by atoms with Gasteiger partial charge < -0.3 is 5.73 Å². The van der Waals surface area contributed by atoms with E-state index in [-0.39, 0.29) is 0 Å². The molecule has 2 nitrogen and oxygen atoms in total. The van der Waals surface area contributed by atoms with Crippen molar-refractivity contribution in [3.05, 3.63) is 0 Å². The lowest BCUT2D eigenvalue weighted by molar-refractivity contribution is 0.0589. The highest BCUT2D eigenvalue weighted by Gasteiger charge is 2.45. The van der Waals surface area contributed by atoms with E-state index in [0.29, 0.717) is 5.54 Å². The van der Waals surface area contributed by atoms with Crippen molar-refractivity contribution in [2.45, 2.75) is 62.7 Å². The molecule has 3 unspecified atom stereocenters. The molecule has 0 aromatic carbocycles. The second-order valence-corrected chi connectivity index (χ2v) is 7.22. The minimum absolute atomic E-state index is 0.349. The number of likely N-dealkylation sites (tertiary alicyclic amines) is 1. The Labute approximate surface area is 117 Å². The fourth-order valence-corrected chi connectivity index (χ4v) is 5.02. The molecule has 1 heterocycles. The lowest BCUT2D eigenvalue weighted by atomic mass is 9.83. The van der Waals surface area contributed by atoms with Crippen LogP contribution in [0.3, 0.4) is 0 Å². The van der Waals surface area contributed by atoms with Crippen molar-refractivity contribution in [3.8, 4) is 0 Å². The summed E-state index contributed by atoms with van der Waals surface area (Å²) in [6.45, 7) is 5.78. The predicted octanol–water partition coefficient (Wildman–Crippen LogP) is 3.11. The van der Waals surface area contributed by atoms with Crippen molar-refractivity contribution in [1.82, 2.24) is 4.90 Å². The molecule has 1 aliphatic heterocycles. The van der Waals surface area contributed by atoms with E-state index in [4.69, 9.17) is 5.73 Å². The summed E-state index contributed by atoms with van der Waals surface area (Å²) in [5.74, 6) is 0.841. The average Bonchev–Trinajstić information content (AvgIpc) is 2.68. The summed E-state index contributed by atoms with van der Waals surface area (Å²) in [6, 6.07) is 0. The molecule has 1 aliphatic carbocycles. The standard InChI is InChI=1S/C15H30N2S/c1-3-13-6-4-9-15(13,12-16)17-10-5-7-14(18-2)8-11-17/h13-14H,3-12,16H2,1-2H3. The Kier molecular flexibility index (Phi) is 5.40. The first-order chi connectivity index (χ1) is 8.76. The summed E-state index contributed by atoms with van der Waals surface area (Å²) in [5.41, 5.74) is 6.59. The van der Waals surface area contributed by atoms with Crippen LogP contribution in [0.1, 0.15) is 51.9 Å². The summed E-state index contributed by atoms with van der Waals surface area (Å²) in [6.07, 6.45) is 11.8. The van der Waals surface area contributed by atoms with Gasteiger partial charge in [0.25, 0.3) is 0 Å². The van der Waals surface area contributed by atoms with Crippen LogP contribution in [0.4, 0.5) is 0 Å². The Morgan fingerprint density at radius 1 is 1.22 bits per heavy atom. The van der Waals surface area contributed by atoms with E-state index in [2.05, 4.69) is 29.8 Å². The fourth-order valence-electron chi connectivity index (χ4n) is 4.27. The molecule has 3 heteroatoms. The highest BCUT2D eigenvalue weighted by Crippen LogP contribution is 2.42. The van der Waals surface area contributed by atoms with Crippen LogP contribution in [-0.4, -0.2) is 41.6 Å². The number of hydrogen-bond donors (Lipinski definition) is 1. The second-order valence-electron chi connectivity index (χ2n) is 6.08. The van der Waals surface area contributed by atoms with Crippen LogP contribution in [0.2, 0.25) is 0 Å². The molecule has 2 N–H and O–H groups in total. The summed E-state index contributed by atoms with van der Waals surface area (Å²) < 4.78 is 0. The highest BCUT2D eigenvalue weighted by atomic mass is 32.2. The van der Waals surface area contributed by atoms with Gasteiger partial charge in [-0.15, -0.1) is 0 Å². The van der Waals surface area contributed by atoms with Crippen LogP contribution in [-0.2, 0) is 0 Å². The van der Waals surface area contributed by atoms with E-state index in [0.717, 1.165) is 17.7 Å². The minimum atomic E-state index is 0.349. The molecule has 0 amide bonds. The SMILES string of the molecule is CCC1CCCC1(CN)N1CCCC(SC)CC1. The van der Waals surface area contributed by atoms with Crippen LogP contribution >= 0.6 is 11.8 Å². The molecule has 0 bridgehead atoms. The number of rotatable bonds is 4. The normalized spacial score (nSPS) is 38.8. The van der Waals surface area contributed by atoms with Crippen molar-refractivity contribution in [2.24, 2.45) is 11.7 Å². The van der Waals surface area contributed by atoms with Gasteiger partial charge >= 0.3 is 0 Å². The minimum Gasteiger partial charge on any atom is -0.329 e. The monoisotopic (exact) mass is 270 g/mol. The molecule has 1 saturated heterocycles. The Hall–Kier alpha value is 0.270. The number of nitrogens with two attached hydrogens (primary N) is 1. The molecule has 1 saturated carbocycles. The van der Waals surface area contributed by atoms with Gasteiger partial charge in [0.15, 0.2) is 0 Å². The first-order valence-electron chi connectivity index (χ1n) is 7.74. The molecule has 0 aromatic rings.